The molecule has 0 amide bonds. The first-order chi connectivity index (χ1) is 6.73. The van der Waals surface area contributed by atoms with Gasteiger partial charge < -0.3 is 9.52 Å². The minimum atomic E-state index is -3.33. The molecule has 1 N–H and O–H groups in total. The number of oxazole rings is 1. The molecule has 84 valence electrons. The van der Waals surface area contributed by atoms with E-state index < -0.39 is 21.1 Å². The van der Waals surface area contributed by atoms with Crippen LogP contribution < -0.4 is 0 Å². The SMILES string of the molecule is Cc1oc(C(C)S(C)(=O)=O)nc1C(=O)O. The molecule has 1 aromatic rings. The lowest BCUT2D eigenvalue weighted by Gasteiger charge is -2.02. The molecular weight excluding hydrogens is 222 g/mol. The summed E-state index contributed by atoms with van der Waals surface area (Å²) in [6.45, 7) is 2.82. The van der Waals surface area contributed by atoms with Crippen LogP contribution in [0, 0.1) is 6.92 Å². The summed E-state index contributed by atoms with van der Waals surface area (Å²) in [5, 5.41) is 7.75. The number of rotatable bonds is 3. The Balaban J connectivity index is 3.19. The molecule has 0 aliphatic heterocycles. The zero-order valence-electron chi connectivity index (χ0n) is 8.51. The summed E-state index contributed by atoms with van der Waals surface area (Å²) >= 11 is 0. The van der Waals surface area contributed by atoms with Crippen LogP contribution in [0.4, 0.5) is 0 Å². The third-order valence-electron chi connectivity index (χ3n) is 2.01. The maximum absolute atomic E-state index is 11.2. The molecule has 0 aromatic carbocycles. The van der Waals surface area contributed by atoms with Crippen LogP contribution in [-0.4, -0.2) is 30.7 Å². The molecule has 0 aliphatic rings. The highest BCUT2D eigenvalue weighted by molar-refractivity contribution is 7.90. The molecule has 0 fully saturated rings. The molecule has 1 unspecified atom stereocenters. The van der Waals surface area contributed by atoms with Crippen molar-refractivity contribution in [2.24, 2.45) is 0 Å². The van der Waals surface area contributed by atoms with E-state index in [0.717, 1.165) is 6.26 Å². The fourth-order valence-electron chi connectivity index (χ4n) is 0.972. The predicted octanol–water partition coefficient (Wildman–Crippen LogP) is 0.787. The van der Waals surface area contributed by atoms with Gasteiger partial charge in [-0.25, -0.2) is 18.2 Å². The van der Waals surface area contributed by atoms with Crippen molar-refractivity contribution >= 4 is 15.8 Å². The van der Waals surface area contributed by atoms with Crippen LogP contribution in [0.1, 0.15) is 34.3 Å². The second-order valence-electron chi connectivity index (χ2n) is 3.23. The minimum Gasteiger partial charge on any atom is -0.476 e. The van der Waals surface area contributed by atoms with Gasteiger partial charge in [0, 0.05) is 6.26 Å². The molecule has 7 heteroatoms. The van der Waals surface area contributed by atoms with Crippen molar-refractivity contribution in [1.29, 1.82) is 0 Å². The number of nitrogens with zero attached hydrogens (tertiary/aromatic N) is 1. The van der Waals surface area contributed by atoms with Gasteiger partial charge in [-0.2, -0.15) is 0 Å². The number of sulfone groups is 1. The second-order valence-corrected chi connectivity index (χ2v) is 5.60. The van der Waals surface area contributed by atoms with Gasteiger partial charge in [-0.1, -0.05) is 0 Å². The summed E-state index contributed by atoms with van der Waals surface area (Å²) in [5.41, 5.74) is -0.250. The normalized spacial score (nSPS) is 13.8. The average Bonchev–Trinajstić information content (AvgIpc) is 2.44. The Hall–Kier alpha value is -1.37. The number of aromatic carboxylic acids is 1. The molecule has 0 radical (unpaired) electrons. The summed E-state index contributed by atoms with van der Waals surface area (Å²) in [4.78, 5) is 14.3. The highest BCUT2D eigenvalue weighted by Gasteiger charge is 2.25. The van der Waals surface area contributed by atoms with Crippen molar-refractivity contribution in [1.82, 2.24) is 4.98 Å². The van der Waals surface area contributed by atoms with Crippen LogP contribution in [0.5, 0.6) is 0 Å². The first-order valence-corrected chi connectivity index (χ1v) is 6.08. The first-order valence-electron chi connectivity index (χ1n) is 4.13. The summed E-state index contributed by atoms with van der Waals surface area (Å²) in [6, 6.07) is 0. The molecular formula is C8H11NO5S. The van der Waals surface area contributed by atoms with Gasteiger partial charge in [-0.3, -0.25) is 0 Å². The number of carboxylic acid groups (broad SMARTS) is 1. The molecule has 1 heterocycles. The molecule has 0 bridgehead atoms. The van der Waals surface area contributed by atoms with E-state index in [1.165, 1.54) is 13.8 Å². The fourth-order valence-corrected chi connectivity index (χ4v) is 1.44. The van der Waals surface area contributed by atoms with E-state index in [1.54, 1.807) is 0 Å². The van der Waals surface area contributed by atoms with Gasteiger partial charge in [-0.15, -0.1) is 0 Å². The fraction of sp³-hybridized carbons (Fsp3) is 0.500. The average molecular weight is 233 g/mol. The Morgan fingerprint density at radius 3 is 2.40 bits per heavy atom. The standard InChI is InChI=1S/C8H11NO5S/c1-4-6(8(10)11)9-7(14-4)5(2)15(3,12)13/h5H,1-3H3,(H,10,11). The number of carboxylic acids is 1. The summed E-state index contributed by atoms with van der Waals surface area (Å²) < 4.78 is 27.3. The Morgan fingerprint density at radius 2 is 2.07 bits per heavy atom. The van der Waals surface area contributed by atoms with E-state index in [4.69, 9.17) is 9.52 Å². The van der Waals surface area contributed by atoms with Crippen molar-refractivity contribution in [3.05, 3.63) is 17.3 Å². The number of hydrogen-bond acceptors (Lipinski definition) is 5. The predicted molar refractivity (Wildman–Crippen MR) is 51.5 cm³/mol. The van der Waals surface area contributed by atoms with Gasteiger partial charge in [0.1, 0.15) is 11.0 Å². The van der Waals surface area contributed by atoms with E-state index in [0.29, 0.717) is 0 Å². The van der Waals surface area contributed by atoms with Crippen LogP contribution >= 0.6 is 0 Å². The monoisotopic (exact) mass is 233 g/mol. The quantitative estimate of drug-likeness (QED) is 0.828. The van der Waals surface area contributed by atoms with Gasteiger partial charge in [0.05, 0.1) is 0 Å². The number of aryl methyl sites for hydroxylation is 1. The molecule has 0 spiro atoms. The Bertz CT molecular complexity index is 487. The maximum atomic E-state index is 11.2. The molecule has 1 atom stereocenters. The van der Waals surface area contributed by atoms with Crippen molar-refractivity contribution < 1.29 is 22.7 Å². The molecule has 6 nitrogen and oxygen atoms in total. The van der Waals surface area contributed by atoms with Crippen LogP contribution in [0.25, 0.3) is 0 Å². The Kier molecular flexibility index (Phi) is 2.85. The zero-order valence-corrected chi connectivity index (χ0v) is 9.33. The van der Waals surface area contributed by atoms with Crippen LogP contribution in [0.15, 0.2) is 4.42 Å². The number of hydrogen-bond donors (Lipinski definition) is 1. The third kappa shape index (κ3) is 2.35. The second kappa shape index (κ2) is 3.65. The van der Waals surface area contributed by atoms with Crippen molar-refractivity contribution in [2.75, 3.05) is 6.26 Å². The van der Waals surface area contributed by atoms with Crippen molar-refractivity contribution in [2.45, 2.75) is 19.1 Å². The Morgan fingerprint density at radius 1 is 1.53 bits per heavy atom. The molecule has 0 saturated heterocycles. The van der Waals surface area contributed by atoms with Gasteiger partial charge in [0.15, 0.2) is 15.5 Å². The molecule has 0 saturated carbocycles. The largest absolute Gasteiger partial charge is 0.476 e. The minimum absolute atomic E-state index is 0.0904. The third-order valence-corrected chi connectivity index (χ3v) is 3.49. The van der Waals surface area contributed by atoms with E-state index in [9.17, 15) is 13.2 Å². The number of carbonyl (C=O) groups is 1. The Labute approximate surface area is 86.9 Å². The highest BCUT2D eigenvalue weighted by Crippen LogP contribution is 2.22. The maximum Gasteiger partial charge on any atom is 0.358 e. The molecule has 1 aromatic heterocycles. The molecule has 15 heavy (non-hydrogen) atoms. The lowest BCUT2D eigenvalue weighted by atomic mass is 10.4. The highest BCUT2D eigenvalue weighted by atomic mass is 32.2. The summed E-state index contributed by atoms with van der Waals surface area (Å²) in [5.74, 6) is -1.22. The van der Waals surface area contributed by atoms with Crippen molar-refractivity contribution in [3.63, 3.8) is 0 Å². The van der Waals surface area contributed by atoms with E-state index in [2.05, 4.69) is 4.98 Å². The van der Waals surface area contributed by atoms with E-state index in [-0.39, 0.29) is 17.3 Å². The lowest BCUT2D eigenvalue weighted by molar-refractivity contribution is 0.0689. The van der Waals surface area contributed by atoms with Gasteiger partial charge >= 0.3 is 5.97 Å². The van der Waals surface area contributed by atoms with Crippen LogP contribution in [0.2, 0.25) is 0 Å². The van der Waals surface area contributed by atoms with E-state index >= 15 is 0 Å². The molecule has 1 rings (SSSR count). The van der Waals surface area contributed by atoms with Gasteiger partial charge in [0.25, 0.3) is 0 Å². The van der Waals surface area contributed by atoms with Gasteiger partial charge in [-0.05, 0) is 13.8 Å². The van der Waals surface area contributed by atoms with Crippen LogP contribution in [-0.2, 0) is 9.84 Å². The first kappa shape index (κ1) is 11.7. The molecule has 0 aliphatic carbocycles. The smallest absolute Gasteiger partial charge is 0.358 e. The topological polar surface area (TPSA) is 97.5 Å². The summed E-state index contributed by atoms with van der Waals surface area (Å²) in [6.07, 6.45) is 1.04. The summed E-state index contributed by atoms with van der Waals surface area (Å²) in [7, 11) is -3.33. The van der Waals surface area contributed by atoms with Crippen molar-refractivity contribution in [3.8, 4) is 0 Å². The lowest BCUT2D eigenvalue weighted by Crippen LogP contribution is -2.08. The number of aromatic nitrogens is 1. The van der Waals surface area contributed by atoms with E-state index in [1.807, 2.05) is 0 Å². The van der Waals surface area contributed by atoms with Gasteiger partial charge in [0.2, 0.25) is 5.89 Å². The zero-order chi connectivity index (χ0) is 11.8. The van der Waals surface area contributed by atoms with Crippen LogP contribution in [0.3, 0.4) is 0 Å².